The van der Waals surface area contributed by atoms with Gasteiger partial charge in [0.15, 0.2) is 10.9 Å². The Kier molecular flexibility index (Phi) is 6.16. The number of hydrogen-bond donors (Lipinski definition) is 0. The number of Topliss-reactive ketones (excluding diaryl/α,β-unsaturated/α-hetero) is 1. The third kappa shape index (κ3) is 4.59. The molecule has 9 heteroatoms. The summed E-state index contributed by atoms with van der Waals surface area (Å²) in [5.74, 6) is 0.697. The van der Waals surface area contributed by atoms with Crippen LogP contribution in [-0.2, 0) is 6.18 Å². The number of halogens is 3. The number of nitrogens with zero attached hydrogens (tertiary/aromatic N) is 4. The second kappa shape index (κ2) is 8.90. The Hall–Kier alpha value is -3.33. The first-order valence-corrected chi connectivity index (χ1v) is 11.2. The van der Waals surface area contributed by atoms with E-state index in [4.69, 9.17) is 0 Å². The Morgan fingerprint density at radius 1 is 0.909 bits per heavy atom. The molecule has 0 aliphatic heterocycles. The van der Waals surface area contributed by atoms with Crippen LogP contribution in [0.1, 0.15) is 33.1 Å². The van der Waals surface area contributed by atoms with E-state index in [0.717, 1.165) is 17.8 Å². The van der Waals surface area contributed by atoms with E-state index in [0.29, 0.717) is 33.6 Å². The van der Waals surface area contributed by atoms with Crippen LogP contribution in [0.4, 0.5) is 13.2 Å². The number of ketones is 1. The van der Waals surface area contributed by atoms with Gasteiger partial charge in [-0.2, -0.15) is 13.2 Å². The van der Waals surface area contributed by atoms with Crippen LogP contribution in [0.3, 0.4) is 0 Å². The van der Waals surface area contributed by atoms with Crippen molar-refractivity contribution in [1.82, 2.24) is 19.3 Å². The molecule has 2 aromatic heterocycles. The highest BCUT2D eigenvalue weighted by molar-refractivity contribution is 7.99. The van der Waals surface area contributed by atoms with Gasteiger partial charge in [-0.3, -0.25) is 9.36 Å². The lowest BCUT2D eigenvalue weighted by Crippen LogP contribution is -2.08. The highest BCUT2D eigenvalue weighted by Gasteiger charge is 2.31. The number of thioether (sulfide) groups is 1. The molecule has 0 amide bonds. The van der Waals surface area contributed by atoms with Gasteiger partial charge in [0.05, 0.1) is 11.3 Å². The fourth-order valence-electron chi connectivity index (χ4n) is 3.78. The van der Waals surface area contributed by atoms with Gasteiger partial charge in [-0.15, -0.1) is 10.2 Å². The average molecular weight is 471 g/mol. The normalized spacial score (nSPS) is 11.7. The van der Waals surface area contributed by atoms with Crippen molar-refractivity contribution < 1.29 is 18.0 Å². The number of hydrogen-bond acceptors (Lipinski definition) is 4. The molecule has 0 atom stereocenters. The highest BCUT2D eigenvalue weighted by atomic mass is 32.2. The monoisotopic (exact) mass is 470 g/mol. The van der Waals surface area contributed by atoms with Gasteiger partial charge in [-0.25, -0.2) is 0 Å². The maximum absolute atomic E-state index is 13.2. The standard InChI is InChI=1S/C24H21F3N4OS/c1-15-12-21(16(2)30(15)20-11-7-8-18(13-20)24(25,26)27)22(32)14-33-23-29-28-17(3)31(23)19-9-5-4-6-10-19/h4-13H,14H2,1-3H3. The Morgan fingerprint density at radius 2 is 1.61 bits per heavy atom. The van der Waals surface area contributed by atoms with E-state index in [1.165, 1.54) is 17.8 Å². The van der Waals surface area contributed by atoms with Gasteiger partial charge in [0, 0.05) is 28.3 Å². The van der Waals surface area contributed by atoms with Crippen LogP contribution in [0, 0.1) is 20.8 Å². The van der Waals surface area contributed by atoms with Crippen molar-refractivity contribution in [2.75, 3.05) is 5.75 Å². The van der Waals surface area contributed by atoms with Gasteiger partial charge >= 0.3 is 6.18 Å². The maximum Gasteiger partial charge on any atom is 0.416 e. The molecular weight excluding hydrogens is 449 g/mol. The number of benzene rings is 2. The maximum atomic E-state index is 13.2. The van der Waals surface area contributed by atoms with Crippen molar-refractivity contribution in [2.24, 2.45) is 0 Å². The lowest BCUT2D eigenvalue weighted by molar-refractivity contribution is -0.137. The van der Waals surface area contributed by atoms with E-state index in [2.05, 4.69) is 10.2 Å². The Morgan fingerprint density at radius 3 is 2.30 bits per heavy atom. The number of carbonyl (C=O) groups excluding carboxylic acids is 1. The molecule has 33 heavy (non-hydrogen) atoms. The van der Waals surface area contributed by atoms with Crippen LogP contribution in [-0.4, -0.2) is 30.9 Å². The molecular formula is C24H21F3N4OS. The molecule has 0 saturated carbocycles. The lowest BCUT2D eigenvalue weighted by atomic mass is 10.1. The van der Waals surface area contributed by atoms with Crippen LogP contribution in [0.15, 0.2) is 65.8 Å². The van der Waals surface area contributed by atoms with Gasteiger partial charge in [-0.1, -0.05) is 36.0 Å². The third-order valence-corrected chi connectivity index (χ3v) is 6.23. The summed E-state index contributed by atoms with van der Waals surface area (Å²) >= 11 is 1.27. The first-order chi connectivity index (χ1) is 15.7. The first kappa shape index (κ1) is 22.8. The molecule has 4 rings (SSSR count). The van der Waals surface area contributed by atoms with Gasteiger partial charge in [0.25, 0.3) is 0 Å². The smallest absolute Gasteiger partial charge is 0.318 e. The highest BCUT2D eigenvalue weighted by Crippen LogP contribution is 2.32. The summed E-state index contributed by atoms with van der Waals surface area (Å²) in [7, 11) is 0. The molecule has 2 heterocycles. The zero-order valence-corrected chi connectivity index (χ0v) is 19.0. The molecule has 0 spiro atoms. The molecule has 0 aliphatic rings. The number of alkyl halides is 3. The molecule has 5 nitrogen and oxygen atoms in total. The number of carbonyl (C=O) groups is 1. The van der Waals surface area contributed by atoms with E-state index < -0.39 is 11.7 Å². The summed E-state index contributed by atoms with van der Waals surface area (Å²) in [5, 5.41) is 8.92. The summed E-state index contributed by atoms with van der Waals surface area (Å²) in [6.45, 7) is 5.35. The van der Waals surface area contributed by atoms with Gasteiger partial charge < -0.3 is 4.57 Å². The summed E-state index contributed by atoms with van der Waals surface area (Å²) < 4.78 is 43.0. The molecule has 170 valence electrons. The number of para-hydroxylation sites is 1. The minimum absolute atomic E-state index is 0.123. The van der Waals surface area contributed by atoms with Gasteiger partial charge in [0.2, 0.25) is 0 Å². The van der Waals surface area contributed by atoms with E-state index >= 15 is 0 Å². The average Bonchev–Trinajstić information content (AvgIpc) is 3.30. The molecule has 0 aliphatic carbocycles. The van der Waals surface area contributed by atoms with E-state index in [1.807, 2.05) is 41.8 Å². The van der Waals surface area contributed by atoms with Crippen molar-refractivity contribution in [3.63, 3.8) is 0 Å². The van der Waals surface area contributed by atoms with Crippen LogP contribution >= 0.6 is 11.8 Å². The molecule has 4 aromatic rings. The van der Waals surface area contributed by atoms with Gasteiger partial charge in [-0.05, 0) is 57.2 Å². The quantitative estimate of drug-likeness (QED) is 0.257. The van der Waals surface area contributed by atoms with Crippen molar-refractivity contribution >= 4 is 17.5 Å². The largest absolute Gasteiger partial charge is 0.416 e. The van der Waals surface area contributed by atoms with Crippen molar-refractivity contribution in [3.05, 3.63) is 89.0 Å². The van der Waals surface area contributed by atoms with Crippen LogP contribution in [0.25, 0.3) is 11.4 Å². The molecule has 2 aromatic carbocycles. The first-order valence-electron chi connectivity index (χ1n) is 10.2. The minimum atomic E-state index is -4.44. The second-order valence-electron chi connectivity index (χ2n) is 7.58. The molecule has 0 unspecified atom stereocenters. The summed E-state index contributed by atoms with van der Waals surface area (Å²) in [4.78, 5) is 13.0. The molecule has 0 bridgehead atoms. The fourth-order valence-corrected chi connectivity index (χ4v) is 4.66. The molecule has 0 radical (unpaired) electrons. The Balaban J connectivity index is 1.58. The summed E-state index contributed by atoms with van der Waals surface area (Å²) in [6.07, 6.45) is -4.44. The second-order valence-corrected chi connectivity index (χ2v) is 8.52. The predicted octanol–water partition coefficient (Wildman–Crippen LogP) is 5.98. The Labute approximate surface area is 193 Å². The number of rotatable bonds is 6. The Bertz CT molecular complexity index is 1310. The lowest BCUT2D eigenvalue weighted by Gasteiger charge is -2.13. The van der Waals surface area contributed by atoms with Crippen molar-refractivity contribution in [1.29, 1.82) is 0 Å². The molecule has 0 fully saturated rings. The van der Waals surface area contributed by atoms with Crippen molar-refractivity contribution in [3.8, 4) is 11.4 Å². The number of aromatic nitrogens is 4. The van der Waals surface area contributed by atoms with Gasteiger partial charge in [0.1, 0.15) is 5.82 Å². The van der Waals surface area contributed by atoms with Crippen molar-refractivity contribution in [2.45, 2.75) is 32.1 Å². The minimum Gasteiger partial charge on any atom is -0.318 e. The summed E-state index contributed by atoms with van der Waals surface area (Å²) in [6, 6.07) is 16.4. The fraction of sp³-hybridized carbons (Fsp3) is 0.208. The zero-order chi connectivity index (χ0) is 23.8. The van der Waals surface area contributed by atoms with E-state index in [-0.39, 0.29) is 11.5 Å². The third-order valence-electron chi connectivity index (χ3n) is 5.31. The topological polar surface area (TPSA) is 52.7 Å². The SMILES string of the molecule is Cc1cc(C(=O)CSc2nnc(C)n2-c2ccccc2)c(C)n1-c1cccc(C(F)(F)F)c1. The van der Waals surface area contributed by atoms with E-state index in [9.17, 15) is 18.0 Å². The molecule has 0 N–H and O–H groups in total. The van der Waals surface area contributed by atoms with Crippen LogP contribution in [0.2, 0.25) is 0 Å². The predicted molar refractivity (Wildman–Crippen MR) is 121 cm³/mol. The molecule has 0 saturated heterocycles. The van der Waals surface area contributed by atoms with Crippen LogP contribution in [0.5, 0.6) is 0 Å². The van der Waals surface area contributed by atoms with Crippen LogP contribution < -0.4 is 0 Å². The van der Waals surface area contributed by atoms with E-state index in [1.54, 1.807) is 30.5 Å². The zero-order valence-electron chi connectivity index (χ0n) is 18.2. The summed E-state index contributed by atoms with van der Waals surface area (Å²) in [5.41, 5.74) is 2.29. The number of aryl methyl sites for hydroxylation is 2.